The summed E-state index contributed by atoms with van der Waals surface area (Å²) in [6.07, 6.45) is -2.98. The van der Waals surface area contributed by atoms with Crippen molar-refractivity contribution in [3.8, 4) is 16.9 Å². The van der Waals surface area contributed by atoms with Crippen LogP contribution < -0.4 is 5.32 Å². The van der Waals surface area contributed by atoms with Crippen LogP contribution in [0.15, 0.2) is 54.6 Å². The number of carbonyl (C=O) groups excluding carboxylic acids is 1. The molecule has 2 atom stereocenters. The molecule has 162 valence electrons. The second kappa shape index (κ2) is 8.36. The van der Waals surface area contributed by atoms with Gasteiger partial charge in [-0.25, -0.2) is 4.68 Å². The van der Waals surface area contributed by atoms with E-state index in [0.29, 0.717) is 29.7 Å². The van der Waals surface area contributed by atoms with Gasteiger partial charge in [-0.15, -0.1) is 0 Å². The van der Waals surface area contributed by atoms with Crippen molar-refractivity contribution in [1.82, 2.24) is 15.1 Å². The fraction of sp³-hybridized carbons (Fsp3) is 0.273. The van der Waals surface area contributed by atoms with Crippen LogP contribution in [0.1, 0.15) is 35.3 Å². The molecule has 1 saturated carbocycles. The van der Waals surface area contributed by atoms with E-state index in [-0.39, 0.29) is 22.7 Å². The lowest BCUT2D eigenvalue weighted by Crippen LogP contribution is -2.39. The second-order valence-corrected chi connectivity index (χ2v) is 7.84. The standard InChI is InChI=1S/C22H19ClF3N3O2/c23-15-4-1-2-6-17(15)29-18(12-20(28-29)22(24,25)26)13-8-10-14(11-9-13)21(31)27-16-5-3-7-19(16)30/h1-2,4,6,8-12,16,19,30H,3,5,7H2,(H,27,31)/t16?,19-/m0/s1. The zero-order valence-corrected chi connectivity index (χ0v) is 17.0. The van der Waals surface area contributed by atoms with E-state index in [1.807, 2.05) is 0 Å². The van der Waals surface area contributed by atoms with Crippen molar-refractivity contribution in [3.63, 3.8) is 0 Å². The molecular weight excluding hydrogens is 431 g/mol. The number of hydrogen-bond donors (Lipinski definition) is 2. The molecule has 0 spiro atoms. The van der Waals surface area contributed by atoms with Crippen molar-refractivity contribution in [1.29, 1.82) is 0 Å². The predicted molar refractivity (Wildman–Crippen MR) is 110 cm³/mol. The number of carbonyl (C=O) groups is 1. The van der Waals surface area contributed by atoms with Gasteiger partial charge in [-0.1, -0.05) is 35.9 Å². The third-order valence-electron chi connectivity index (χ3n) is 5.32. The highest BCUT2D eigenvalue weighted by atomic mass is 35.5. The van der Waals surface area contributed by atoms with Gasteiger partial charge in [0.1, 0.15) is 0 Å². The van der Waals surface area contributed by atoms with E-state index in [1.165, 1.54) is 12.1 Å². The van der Waals surface area contributed by atoms with Gasteiger partial charge in [-0.2, -0.15) is 18.3 Å². The molecule has 1 aromatic heterocycles. The Morgan fingerprint density at radius 1 is 1.13 bits per heavy atom. The highest BCUT2D eigenvalue weighted by Gasteiger charge is 2.35. The van der Waals surface area contributed by atoms with Gasteiger partial charge in [0, 0.05) is 11.1 Å². The predicted octanol–water partition coefficient (Wildman–Crippen LogP) is 4.85. The first kappa shape index (κ1) is 21.4. The molecule has 4 rings (SSSR count). The molecule has 1 aliphatic rings. The van der Waals surface area contributed by atoms with Crippen LogP contribution in [-0.2, 0) is 6.18 Å². The van der Waals surface area contributed by atoms with E-state index < -0.39 is 18.0 Å². The third-order valence-corrected chi connectivity index (χ3v) is 5.64. The van der Waals surface area contributed by atoms with Gasteiger partial charge in [0.15, 0.2) is 5.69 Å². The van der Waals surface area contributed by atoms with Crippen molar-refractivity contribution < 1.29 is 23.1 Å². The highest BCUT2D eigenvalue weighted by Crippen LogP contribution is 2.34. The van der Waals surface area contributed by atoms with Crippen molar-refractivity contribution >= 4 is 17.5 Å². The van der Waals surface area contributed by atoms with Crippen molar-refractivity contribution in [2.24, 2.45) is 0 Å². The number of rotatable bonds is 4. The maximum absolute atomic E-state index is 13.3. The summed E-state index contributed by atoms with van der Waals surface area (Å²) in [4.78, 5) is 12.5. The molecule has 9 heteroatoms. The molecule has 31 heavy (non-hydrogen) atoms. The molecule has 2 aromatic carbocycles. The SMILES string of the molecule is O=C(NC1CCC[C@@H]1O)c1ccc(-c2cc(C(F)(F)F)nn2-c2ccccc2Cl)cc1. The molecule has 1 unspecified atom stereocenters. The molecule has 1 amide bonds. The molecular formula is C22H19ClF3N3O2. The average molecular weight is 450 g/mol. The van der Waals surface area contributed by atoms with E-state index in [4.69, 9.17) is 11.6 Å². The number of halogens is 4. The Bertz CT molecular complexity index is 1100. The van der Waals surface area contributed by atoms with Crippen LogP contribution in [0.2, 0.25) is 5.02 Å². The molecule has 1 fully saturated rings. The van der Waals surface area contributed by atoms with E-state index in [2.05, 4.69) is 10.4 Å². The van der Waals surface area contributed by atoms with Gasteiger partial charge in [-0.05, 0) is 49.6 Å². The number of nitrogens with zero attached hydrogens (tertiary/aromatic N) is 2. The summed E-state index contributed by atoms with van der Waals surface area (Å²) < 4.78 is 41.1. The molecule has 1 aliphatic carbocycles. The Hall–Kier alpha value is -2.84. The number of para-hydroxylation sites is 1. The van der Waals surface area contributed by atoms with Crippen LogP contribution in [-0.4, -0.2) is 32.9 Å². The minimum absolute atomic E-state index is 0.193. The monoisotopic (exact) mass is 449 g/mol. The fourth-order valence-electron chi connectivity index (χ4n) is 3.69. The maximum Gasteiger partial charge on any atom is 0.435 e. The lowest BCUT2D eigenvalue weighted by Gasteiger charge is -2.16. The first-order valence-corrected chi connectivity index (χ1v) is 10.1. The molecule has 0 bridgehead atoms. The molecule has 0 aliphatic heterocycles. The third kappa shape index (κ3) is 4.45. The summed E-state index contributed by atoms with van der Waals surface area (Å²) in [5.74, 6) is -0.340. The van der Waals surface area contributed by atoms with Crippen molar-refractivity contribution in [2.45, 2.75) is 37.6 Å². The summed E-state index contributed by atoms with van der Waals surface area (Å²) in [5.41, 5.74) is 0.257. The van der Waals surface area contributed by atoms with Crippen LogP contribution in [0, 0.1) is 0 Å². The lowest BCUT2D eigenvalue weighted by molar-refractivity contribution is -0.141. The van der Waals surface area contributed by atoms with Crippen LogP contribution in [0.25, 0.3) is 16.9 Å². The number of benzene rings is 2. The van der Waals surface area contributed by atoms with Crippen molar-refractivity contribution in [3.05, 3.63) is 70.9 Å². The molecule has 3 aromatic rings. The molecule has 0 saturated heterocycles. The van der Waals surface area contributed by atoms with Crippen LogP contribution >= 0.6 is 11.6 Å². The van der Waals surface area contributed by atoms with Gasteiger partial charge < -0.3 is 10.4 Å². The minimum atomic E-state index is -4.62. The number of aliphatic hydroxyl groups excluding tert-OH is 1. The summed E-state index contributed by atoms with van der Waals surface area (Å²) in [6, 6.07) is 13.3. The Labute approximate surface area is 181 Å². The van der Waals surface area contributed by atoms with E-state index >= 15 is 0 Å². The van der Waals surface area contributed by atoms with Gasteiger partial charge in [0.25, 0.3) is 5.91 Å². The van der Waals surface area contributed by atoms with Gasteiger partial charge in [-0.3, -0.25) is 4.79 Å². The van der Waals surface area contributed by atoms with Crippen LogP contribution in [0.3, 0.4) is 0 Å². The molecule has 0 radical (unpaired) electrons. The topological polar surface area (TPSA) is 67.2 Å². The number of aromatic nitrogens is 2. The highest BCUT2D eigenvalue weighted by molar-refractivity contribution is 6.32. The van der Waals surface area contributed by atoms with Gasteiger partial charge in [0.2, 0.25) is 0 Å². The maximum atomic E-state index is 13.3. The summed E-state index contributed by atoms with van der Waals surface area (Å²) >= 11 is 6.19. The zero-order chi connectivity index (χ0) is 22.2. The summed E-state index contributed by atoms with van der Waals surface area (Å²) in [7, 11) is 0. The van der Waals surface area contributed by atoms with Gasteiger partial charge >= 0.3 is 6.18 Å². The number of hydrogen-bond acceptors (Lipinski definition) is 3. The number of nitrogens with one attached hydrogen (secondary N) is 1. The quantitative estimate of drug-likeness (QED) is 0.598. The Kier molecular flexibility index (Phi) is 5.77. The number of alkyl halides is 3. The zero-order valence-electron chi connectivity index (χ0n) is 16.2. The Morgan fingerprint density at radius 3 is 2.45 bits per heavy atom. The normalized spacial score (nSPS) is 18.9. The van der Waals surface area contributed by atoms with E-state index in [1.54, 1.807) is 36.4 Å². The van der Waals surface area contributed by atoms with E-state index in [9.17, 15) is 23.1 Å². The van der Waals surface area contributed by atoms with Crippen LogP contribution in [0.5, 0.6) is 0 Å². The first-order chi connectivity index (χ1) is 14.7. The first-order valence-electron chi connectivity index (χ1n) is 9.75. The van der Waals surface area contributed by atoms with Crippen LogP contribution in [0.4, 0.5) is 13.2 Å². The Balaban J connectivity index is 1.67. The van der Waals surface area contributed by atoms with Gasteiger partial charge in [0.05, 0.1) is 28.5 Å². The average Bonchev–Trinajstić information content (AvgIpc) is 3.35. The molecule has 2 N–H and O–H groups in total. The number of aliphatic hydroxyl groups is 1. The van der Waals surface area contributed by atoms with Crippen molar-refractivity contribution in [2.75, 3.05) is 0 Å². The summed E-state index contributed by atoms with van der Waals surface area (Å²) in [5, 5.41) is 16.7. The van der Waals surface area contributed by atoms with E-state index in [0.717, 1.165) is 17.2 Å². The second-order valence-electron chi connectivity index (χ2n) is 7.43. The minimum Gasteiger partial charge on any atom is -0.391 e. The largest absolute Gasteiger partial charge is 0.435 e. The molecule has 1 heterocycles. The summed E-state index contributed by atoms with van der Waals surface area (Å²) in [6.45, 7) is 0. The smallest absolute Gasteiger partial charge is 0.391 e. The fourth-order valence-corrected chi connectivity index (χ4v) is 3.90. The lowest BCUT2D eigenvalue weighted by atomic mass is 10.1. The molecule has 5 nitrogen and oxygen atoms in total. The Morgan fingerprint density at radius 2 is 1.84 bits per heavy atom. The number of amides is 1.